The molecule has 1 fully saturated rings. The first-order valence-corrected chi connectivity index (χ1v) is 7.43. The van der Waals surface area contributed by atoms with Gasteiger partial charge in [0.1, 0.15) is 5.56 Å². The lowest BCUT2D eigenvalue weighted by molar-refractivity contribution is 0.0693. The van der Waals surface area contributed by atoms with Gasteiger partial charge in [0, 0.05) is 17.5 Å². The van der Waals surface area contributed by atoms with Crippen LogP contribution < -0.4 is 11.2 Å². The molecule has 7 heteroatoms. The number of carboxylic acids is 1. The van der Waals surface area contributed by atoms with E-state index >= 15 is 0 Å². The van der Waals surface area contributed by atoms with Crippen LogP contribution in [0.2, 0.25) is 0 Å². The molecule has 0 aliphatic heterocycles. The van der Waals surface area contributed by atoms with Crippen molar-refractivity contribution in [3.8, 4) is 0 Å². The Labute approximate surface area is 113 Å². The highest BCUT2D eigenvalue weighted by Crippen LogP contribution is 2.33. The normalized spacial score (nSPS) is 23.2. The molecule has 104 valence electrons. The molecule has 2 N–H and O–H groups in total. The smallest absolute Gasteiger partial charge is 0.342 e. The van der Waals surface area contributed by atoms with E-state index in [4.69, 9.17) is 5.11 Å². The summed E-state index contributed by atoms with van der Waals surface area (Å²) in [4.78, 5) is 36.2. The number of carbonyl (C=O) groups is 1. The fourth-order valence-corrected chi connectivity index (χ4v) is 3.31. The number of hydrogen-bond donors (Lipinski definition) is 2. The number of rotatable bonds is 3. The van der Waals surface area contributed by atoms with Crippen LogP contribution in [0, 0.1) is 0 Å². The molecule has 0 saturated heterocycles. The Morgan fingerprint density at radius 3 is 2.84 bits per heavy atom. The van der Waals surface area contributed by atoms with Gasteiger partial charge in [-0.25, -0.2) is 9.59 Å². The summed E-state index contributed by atoms with van der Waals surface area (Å²) in [7, 11) is 0. The topological polar surface area (TPSA) is 92.2 Å². The van der Waals surface area contributed by atoms with E-state index in [-0.39, 0.29) is 11.6 Å². The molecule has 0 aromatic carbocycles. The summed E-state index contributed by atoms with van der Waals surface area (Å²) in [6.45, 7) is 0. The van der Waals surface area contributed by atoms with Crippen LogP contribution in [0.25, 0.3) is 0 Å². The van der Waals surface area contributed by atoms with Crippen LogP contribution in [-0.2, 0) is 0 Å². The number of aromatic amines is 1. The Morgan fingerprint density at radius 2 is 2.21 bits per heavy atom. The van der Waals surface area contributed by atoms with Gasteiger partial charge >= 0.3 is 11.7 Å². The van der Waals surface area contributed by atoms with Gasteiger partial charge in [-0.15, -0.1) is 0 Å². The zero-order valence-corrected chi connectivity index (χ0v) is 11.4. The third kappa shape index (κ3) is 2.91. The molecule has 1 aromatic heterocycles. The van der Waals surface area contributed by atoms with Crippen molar-refractivity contribution < 1.29 is 9.90 Å². The summed E-state index contributed by atoms with van der Waals surface area (Å²) < 4.78 is 1.37. The SMILES string of the molecule is CSC1CCCC(n2cc(C(=O)O)c(=O)[nH]c2=O)C1. The molecule has 1 heterocycles. The summed E-state index contributed by atoms with van der Waals surface area (Å²) in [6, 6.07) is -0.0337. The number of aromatic carboxylic acids is 1. The van der Waals surface area contributed by atoms with Gasteiger partial charge in [-0.1, -0.05) is 6.42 Å². The van der Waals surface area contributed by atoms with Crippen molar-refractivity contribution in [3.05, 3.63) is 32.6 Å². The number of carboxylic acid groups (broad SMARTS) is 1. The second-order valence-electron chi connectivity index (χ2n) is 4.69. The van der Waals surface area contributed by atoms with E-state index in [0.717, 1.165) is 25.7 Å². The standard InChI is InChI=1S/C12H16N2O4S/c1-19-8-4-2-3-7(5-8)14-6-9(11(16)17)10(15)13-12(14)18/h6-8H,2-5H2,1H3,(H,16,17)(H,13,15,18). The maximum Gasteiger partial charge on any atom is 0.342 e. The Hall–Kier alpha value is -1.50. The molecular formula is C12H16N2O4S. The molecule has 1 saturated carbocycles. The van der Waals surface area contributed by atoms with Crippen LogP contribution in [0.3, 0.4) is 0 Å². The molecule has 2 rings (SSSR count). The average Bonchev–Trinajstić information content (AvgIpc) is 2.38. The summed E-state index contributed by atoms with van der Waals surface area (Å²) >= 11 is 1.76. The second kappa shape index (κ2) is 5.64. The van der Waals surface area contributed by atoms with Gasteiger partial charge in [0.2, 0.25) is 0 Å². The van der Waals surface area contributed by atoms with E-state index in [1.54, 1.807) is 11.8 Å². The largest absolute Gasteiger partial charge is 0.477 e. The van der Waals surface area contributed by atoms with Crippen LogP contribution in [0.1, 0.15) is 42.1 Å². The van der Waals surface area contributed by atoms with Crippen molar-refractivity contribution in [2.45, 2.75) is 37.0 Å². The fourth-order valence-electron chi connectivity index (χ4n) is 2.50. The quantitative estimate of drug-likeness (QED) is 0.866. The second-order valence-corrected chi connectivity index (χ2v) is 5.83. The van der Waals surface area contributed by atoms with E-state index in [1.165, 1.54) is 10.8 Å². The molecule has 1 aromatic rings. The maximum atomic E-state index is 11.8. The van der Waals surface area contributed by atoms with Crippen molar-refractivity contribution in [3.63, 3.8) is 0 Å². The molecule has 2 unspecified atom stereocenters. The minimum Gasteiger partial charge on any atom is -0.477 e. The minimum absolute atomic E-state index is 0.0337. The molecule has 0 amide bonds. The fraction of sp³-hybridized carbons (Fsp3) is 0.583. The highest BCUT2D eigenvalue weighted by Gasteiger charge is 2.24. The van der Waals surface area contributed by atoms with Crippen LogP contribution in [0.15, 0.2) is 15.8 Å². The molecule has 0 radical (unpaired) electrons. The van der Waals surface area contributed by atoms with E-state index < -0.39 is 17.2 Å². The van der Waals surface area contributed by atoms with Crippen LogP contribution >= 0.6 is 11.8 Å². The zero-order chi connectivity index (χ0) is 14.0. The van der Waals surface area contributed by atoms with E-state index in [1.807, 2.05) is 6.26 Å². The van der Waals surface area contributed by atoms with Crippen molar-refractivity contribution in [1.29, 1.82) is 0 Å². The summed E-state index contributed by atoms with van der Waals surface area (Å²) in [6.07, 6.45) is 6.99. The molecule has 19 heavy (non-hydrogen) atoms. The van der Waals surface area contributed by atoms with Gasteiger partial charge in [-0.3, -0.25) is 14.3 Å². The Balaban J connectivity index is 2.39. The first-order valence-electron chi connectivity index (χ1n) is 6.14. The lowest BCUT2D eigenvalue weighted by Crippen LogP contribution is -2.37. The van der Waals surface area contributed by atoms with Gasteiger partial charge in [-0.05, 0) is 25.5 Å². The maximum absolute atomic E-state index is 11.8. The van der Waals surface area contributed by atoms with E-state index in [9.17, 15) is 14.4 Å². The van der Waals surface area contributed by atoms with Gasteiger partial charge in [0.15, 0.2) is 0 Å². The number of aromatic nitrogens is 2. The Morgan fingerprint density at radius 1 is 1.47 bits per heavy atom. The van der Waals surface area contributed by atoms with Crippen LogP contribution in [-0.4, -0.2) is 32.1 Å². The highest BCUT2D eigenvalue weighted by molar-refractivity contribution is 7.99. The summed E-state index contributed by atoms with van der Waals surface area (Å²) in [5, 5.41) is 9.42. The molecule has 1 aliphatic rings. The number of H-pyrrole nitrogens is 1. The van der Waals surface area contributed by atoms with Crippen LogP contribution in [0.4, 0.5) is 0 Å². The molecule has 0 bridgehead atoms. The Bertz CT molecular complexity index is 592. The van der Waals surface area contributed by atoms with Crippen molar-refractivity contribution in [1.82, 2.24) is 9.55 Å². The molecule has 0 spiro atoms. The van der Waals surface area contributed by atoms with Crippen molar-refractivity contribution in [2.24, 2.45) is 0 Å². The van der Waals surface area contributed by atoms with Gasteiger partial charge in [0.05, 0.1) is 0 Å². The number of hydrogen-bond acceptors (Lipinski definition) is 4. The lowest BCUT2D eigenvalue weighted by atomic mass is 9.94. The number of nitrogens with one attached hydrogen (secondary N) is 1. The molecule has 2 atom stereocenters. The monoisotopic (exact) mass is 284 g/mol. The van der Waals surface area contributed by atoms with Gasteiger partial charge < -0.3 is 5.11 Å². The predicted molar refractivity (Wildman–Crippen MR) is 73.1 cm³/mol. The van der Waals surface area contributed by atoms with E-state index in [2.05, 4.69) is 4.98 Å². The lowest BCUT2D eigenvalue weighted by Gasteiger charge is -2.29. The molecular weight excluding hydrogens is 268 g/mol. The van der Waals surface area contributed by atoms with Crippen LogP contribution in [0.5, 0.6) is 0 Å². The first kappa shape index (κ1) is 13.9. The zero-order valence-electron chi connectivity index (χ0n) is 10.6. The van der Waals surface area contributed by atoms with Gasteiger partial charge in [0.25, 0.3) is 5.56 Å². The average molecular weight is 284 g/mol. The molecule has 6 nitrogen and oxygen atoms in total. The minimum atomic E-state index is -1.31. The van der Waals surface area contributed by atoms with Crippen molar-refractivity contribution >= 4 is 17.7 Å². The Kier molecular flexibility index (Phi) is 4.14. The predicted octanol–water partition coefficient (Wildman–Crippen LogP) is 1.08. The summed E-state index contributed by atoms with van der Waals surface area (Å²) in [5.74, 6) is -1.31. The van der Waals surface area contributed by atoms with E-state index in [0.29, 0.717) is 5.25 Å². The number of thioether (sulfide) groups is 1. The number of nitrogens with zero attached hydrogens (tertiary/aromatic N) is 1. The third-order valence-corrected chi connectivity index (χ3v) is 4.62. The van der Waals surface area contributed by atoms with Crippen molar-refractivity contribution in [2.75, 3.05) is 6.26 Å². The van der Waals surface area contributed by atoms with Gasteiger partial charge in [-0.2, -0.15) is 11.8 Å². The summed E-state index contributed by atoms with van der Waals surface area (Å²) in [5.41, 5.74) is -1.75. The third-order valence-electron chi connectivity index (χ3n) is 3.52. The first-order chi connectivity index (χ1) is 9.02. The molecule has 1 aliphatic carbocycles. The highest BCUT2D eigenvalue weighted by atomic mass is 32.2.